The molecule has 2 aromatic rings. The third kappa shape index (κ3) is 3.65. The first-order valence-electron chi connectivity index (χ1n) is 5.90. The number of hydrogen-bond acceptors (Lipinski definition) is 4. The van der Waals surface area contributed by atoms with Crippen LogP contribution in [0.4, 0.5) is 5.69 Å². The molecule has 0 heterocycles. The average molecular weight is 373 g/mol. The number of nitro benzene ring substituents is 1. The summed E-state index contributed by atoms with van der Waals surface area (Å²) in [5, 5.41) is 12.1. The number of nitrogens with zero attached hydrogens (tertiary/aromatic N) is 1. The highest BCUT2D eigenvalue weighted by Crippen LogP contribution is 2.37. The van der Waals surface area contributed by atoms with Gasteiger partial charge in [0.25, 0.3) is 0 Å². The Kier molecular flexibility index (Phi) is 5.03. The highest BCUT2D eigenvalue weighted by Gasteiger charge is 2.18. The van der Waals surface area contributed by atoms with Crippen molar-refractivity contribution in [3.8, 4) is 17.2 Å². The molecule has 0 fully saturated rings. The second-order valence-corrected chi connectivity index (χ2v) is 5.08. The van der Waals surface area contributed by atoms with E-state index in [4.69, 9.17) is 21.1 Å². The van der Waals surface area contributed by atoms with Crippen LogP contribution in [-0.2, 0) is 5.33 Å². The van der Waals surface area contributed by atoms with Crippen LogP contribution in [0.1, 0.15) is 5.56 Å². The summed E-state index contributed by atoms with van der Waals surface area (Å²) in [5.74, 6) is 1.03. The van der Waals surface area contributed by atoms with Crippen LogP contribution in [0.15, 0.2) is 36.4 Å². The molecule has 7 heteroatoms. The van der Waals surface area contributed by atoms with Gasteiger partial charge in [-0.2, -0.15) is 0 Å². The monoisotopic (exact) mass is 371 g/mol. The fraction of sp³-hybridized carbons (Fsp3) is 0.143. The van der Waals surface area contributed by atoms with E-state index in [-0.39, 0.29) is 11.4 Å². The molecule has 0 atom stereocenters. The summed E-state index contributed by atoms with van der Waals surface area (Å²) < 4.78 is 10.7. The van der Waals surface area contributed by atoms with Crippen LogP contribution in [0.25, 0.3) is 0 Å². The molecule has 0 bridgehead atoms. The van der Waals surface area contributed by atoms with Gasteiger partial charge in [-0.3, -0.25) is 10.1 Å². The first kappa shape index (κ1) is 15.6. The lowest BCUT2D eigenvalue weighted by Gasteiger charge is -2.11. The van der Waals surface area contributed by atoms with Crippen molar-refractivity contribution in [1.29, 1.82) is 0 Å². The first-order valence-corrected chi connectivity index (χ1v) is 7.39. The molecule has 0 radical (unpaired) electrons. The molecule has 0 N–H and O–H groups in total. The Balaban J connectivity index is 2.47. The maximum absolute atomic E-state index is 11.1. The van der Waals surface area contributed by atoms with E-state index in [1.54, 1.807) is 18.2 Å². The number of halogens is 2. The van der Waals surface area contributed by atoms with Crippen LogP contribution in [-0.4, -0.2) is 12.0 Å². The van der Waals surface area contributed by atoms with E-state index < -0.39 is 4.92 Å². The van der Waals surface area contributed by atoms with E-state index in [0.29, 0.717) is 21.9 Å². The number of methoxy groups -OCH3 is 1. The molecule has 2 aromatic carbocycles. The number of alkyl halides is 1. The first-order chi connectivity index (χ1) is 10.0. The zero-order chi connectivity index (χ0) is 15.4. The van der Waals surface area contributed by atoms with Gasteiger partial charge >= 0.3 is 5.69 Å². The predicted molar refractivity (Wildman–Crippen MR) is 83.8 cm³/mol. The van der Waals surface area contributed by atoms with Crippen molar-refractivity contribution in [3.05, 3.63) is 57.1 Å². The number of nitro groups is 1. The summed E-state index contributed by atoms with van der Waals surface area (Å²) >= 11 is 9.29. The van der Waals surface area contributed by atoms with Crippen LogP contribution in [0, 0.1) is 10.1 Å². The number of ether oxygens (including phenoxy) is 2. The molecule has 0 saturated heterocycles. The molecule has 2 rings (SSSR count). The van der Waals surface area contributed by atoms with E-state index >= 15 is 0 Å². The molecule has 0 aliphatic carbocycles. The molecular weight excluding hydrogens is 362 g/mol. The topological polar surface area (TPSA) is 61.6 Å². The Bertz CT molecular complexity index is 678. The summed E-state index contributed by atoms with van der Waals surface area (Å²) in [6.45, 7) is 0. The highest BCUT2D eigenvalue weighted by atomic mass is 79.9. The lowest BCUT2D eigenvalue weighted by molar-refractivity contribution is -0.385. The minimum Gasteiger partial charge on any atom is -0.497 e. The molecule has 0 aliphatic heterocycles. The van der Waals surface area contributed by atoms with Crippen molar-refractivity contribution in [2.45, 2.75) is 5.33 Å². The third-order valence-corrected chi connectivity index (χ3v) is 3.60. The maximum atomic E-state index is 11.1. The van der Waals surface area contributed by atoms with Crippen molar-refractivity contribution < 1.29 is 14.4 Å². The Hall–Kier alpha value is -1.79. The van der Waals surface area contributed by atoms with Gasteiger partial charge in [0, 0.05) is 28.0 Å². The summed E-state index contributed by atoms with van der Waals surface area (Å²) in [4.78, 5) is 10.6. The number of benzene rings is 2. The van der Waals surface area contributed by atoms with E-state index in [0.717, 1.165) is 5.56 Å². The lowest BCUT2D eigenvalue weighted by Crippen LogP contribution is -1.96. The lowest BCUT2D eigenvalue weighted by atomic mass is 10.2. The molecule has 0 saturated carbocycles. The highest BCUT2D eigenvalue weighted by molar-refractivity contribution is 9.08. The molecule has 5 nitrogen and oxygen atoms in total. The molecule has 0 aliphatic rings. The third-order valence-electron chi connectivity index (χ3n) is 2.76. The predicted octanol–water partition coefficient (Wildman–Crippen LogP) is 4.94. The maximum Gasteiger partial charge on any atom is 0.311 e. The van der Waals surface area contributed by atoms with Crippen LogP contribution in [0.2, 0.25) is 5.02 Å². The van der Waals surface area contributed by atoms with Crippen LogP contribution in [0.5, 0.6) is 17.2 Å². The summed E-state index contributed by atoms with van der Waals surface area (Å²) in [5.41, 5.74) is 0.688. The van der Waals surface area contributed by atoms with Crippen molar-refractivity contribution in [2.75, 3.05) is 7.11 Å². The molecule has 0 unspecified atom stereocenters. The van der Waals surface area contributed by atoms with Gasteiger partial charge in [0.05, 0.1) is 12.0 Å². The minimum absolute atomic E-state index is 0.101. The van der Waals surface area contributed by atoms with Gasteiger partial charge in [-0.1, -0.05) is 33.6 Å². The summed E-state index contributed by atoms with van der Waals surface area (Å²) in [6, 6.07) is 9.45. The molecule has 0 amide bonds. The zero-order valence-corrected chi connectivity index (χ0v) is 13.3. The number of hydrogen-bond donors (Lipinski definition) is 0. The fourth-order valence-corrected chi connectivity index (χ4v) is 2.33. The Morgan fingerprint density at radius 2 is 2.00 bits per heavy atom. The van der Waals surface area contributed by atoms with Gasteiger partial charge in [0.2, 0.25) is 5.75 Å². The van der Waals surface area contributed by atoms with E-state index in [9.17, 15) is 10.1 Å². The van der Waals surface area contributed by atoms with Gasteiger partial charge in [0.1, 0.15) is 11.5 Å². The largest absolute Gasteiger partial charge is 0.497 e. The smallest absolute Gasteiger partial charge is 0.311 e. The van der Waals surface area contributed by atoms with Gasteiger partial charge in [0.15, 0.2) is 0 Å². The van der Waals surface area contributed by atoms with Gasteiger partial charge in [-0.15, -0.1) is 0 Å². The van der Waals surface area contributed by atoms with E-state index in [1.807, 2.05) is 0 Å². The quantitative estimate of drug-likeness (QED) is 0.423. The van der Waals surface area contributed by atoms with Crippen LogP contribution in [0.3, 0.4) is 0 Å². The molecule has 0 spiro atoms. The normalized spacial score (nSPS) is 10.2. The molecule has 21 heavy (non-hydrogen) atoms. The Morgan fingerprint density at radius 3 is 2.62 bits per heavy atom. The number of rotatable bonds is 5. The van der Waals surface area contributed by atoms with Crippen molar-refractivity contribution in [3.63, 3.8) is 0 Å². The zero-order valence-electron chi connectivity index (χ0n) is 11.0. The molecular formula is C14H11BrClNO4. The SMILES string of the molecule is COc1ccc([N+](=O)[O-])c(Oc2cc(Cl)ccc2CBr)c1. The van der Waals surface area contributed by atoms with Crippen LogP contribution >= 0.6 is 27.5 Å². The fourth-order valence-electron chi connectivity index (χ4n) is 1.71. The molecule has 0 aromatic heterocycles. The average Bonchev–Trinajstić information content (AvgIpc) is 2.47. The Morgan fingerprint density at radius 1 is 1.24 bits per heavy atom. The molecule has 110 valence electrons. The second-order valence-electron chi connectivity index (χ2n) is 4.08. The summed E-state index contributed by atoms with van der Waals surface area (Å²) in [6.07, 6.45) is 0. The van der Waals surface area contributed by atoms with Gasteiger partial charge in [-0.25, -0.2) is 0 Å². The Labute approximate surface area is 134 Å². The van der Waals surface area contributed by atoms with Gasteiger partial charge in [-0.05, 0) is 18.2 Å². The van der Waals surface area contributed by atoms with Gasteiger partial charge < -0.3 is 9.47 Å². The standard InChI is InChI=1S/C14H11BrClNO4/c1-20-11-4-5-12(17(18)19)14(7-11)21-13-6-10(16)3-2-9(13)8-15/h2-7H,8H2,1H3. The minimum atomic E-state index is -0.507. The van der Waals surface area contributed by atoms with Crippen LogP contribution < -0.4 is 9.47 Å². The van der Waals surface area contributed by atoms with Crippen molar-refractivity contribution in [2.24, 2.45) is 0 Å². The van der Waals surface area contributed by atoms with E-state index in [2.05, 4.69) is 15.9 Å². The van der Waals surface area contributed by atoms with Crippen molar-refractivity contribution in [1.82, 2.24) is 0 Å². The van der Waals surface area contributed by atoms with Crippen molar-refractivity contribution >= 4 is 33.2 Å². The second kappa shape index (κ2) is 6.78. The summed E-state index contributed by atoms with van der Waals surface area (Å²) in [7, 11) is 1.48. The van der Waals surface area contributed by atoms with E-state index in [1.165, 1.54) is 25.3 Å².